The number of rotatable bonds is 4. The average Bonchev–Trinajstić information content (AvgIpc) is 2.68. The van der Waals surface area contributed by atoms with Gasteiger partial charge in [0.2, 0.25) is 0 Å². The summed E-state index contributed by atoms with van der Waals surface area (Å²) >= 11 is 2.04. The third-order valence-electron chi connectivity index (χ3n) is 3.85. The minimum atomic E-state index is 0.330. The summed E-state index contributed by atoms with van der Waals surface area (Å²) in [4.78, 5) is 2.61. The van der Waals surface area contributed by atoms with E-state index in [0.717, 1.165) is 13.0 Å². The Labute approximate surface area is 103 Å². The van der Waals surface area contributed by atoms with Crippen LogP contribution in [0.15, 0.2) is 0 Å². The largest absolute Gasteiger partial charge is 0.396 e. The number of hydrogen-bond donors (Lipinski definition) is 2. The lowest BCUT2D eigenvalue weighted by molar-refractivity contribution is 0.122. The lowest BCUT2D eigenvalue weighted by atomic mass is 9.88. The first-order valence-electron chi connectivity index (χ1n) is 6.37. The van der Waals surface area contributed by atoms with E-state index in [0.29, 0.717) is 18.1 Å². The molecule has 0 aromatic carbocycles. The molecule has 2 atom stereocenters. The summed E-state index contributed by atoms with van der Waals surface area (Å²) in [5, 5.41) is 12.6. The fourth-order valence-electron chi connectivity index (χ4n) is 2.81. The minimum absolute atomic E-state index is 0.330. The van der Waals surface area contributed by atoms with Crippen LogP contribution < -0.4 is 5.32 Å². The molecule has 2 heterocycles. The number of aliphatic hydroxyl groups excluding tert-OH is 1. The molecule has 0 saturated carbocycles. The van der Waals surface area contributed by atoms with E-state index in [4.69, 9.17) is 5.11 Å². The van der Waals surface area contributed by atoms with Gasteiger partial charge in [-0.05, 0) is 24.8 Å². The van der Waals surface area contributed by atoms with E-state index in [1.807, 2.05) is 11.8 Å². The van der Waals surface area contributed by atoms with Crippen LogP contribution in [0.1, 0.15) is 19.8 Å². The molecule has 4 heteroatoms. The molecule has 2 aliphatic rings. The van der Waals surface area contributed by atoms with Crippen LogP contribution in [-0.4, -0.2) is 60.3 Å². The van der Waals surface area contributed by atoms with Crippen molar-refractivity contribution in [1.82, 2.24) is 10.2 Å². The zero-order valence-electron chi connectivity index (χ0n) is 10.2. The van der Waals surface area contributed by atoms with Crippen LogP contribution in [0.3, 0.4) is 0 Å². The van der Waals surface area contributed by atoms with E-state index < -0.39 is 0 Å². The molecule has 3 nitrogen and oxygen atoms in total. The van der Waals surface area contributed by atoms with E-state index in [1.165, 1.54) is 37.6 Å². The number of thioether (sulfide) groups is 1. The second-order valence-corrected chi connectivity index (χ2v) is 6.60. The van der Waals surface area contributed by atoms with Crippen LogP contribution in [-0.2, 0) is 0 Å². The molecule has 0 spiro atoms. The summed E-state index contributed by atoms with van der Waals surface area (Å²) in [7, 11) is 0. The van der Waals surface area contributed by atoms with Crippen molar-refractivity contribution < 1.29 is 5.11 Å². The van der Waals surface area contributed by atoms with E-state index >= 15 is 0 Å². The molecule has 2 rings (SSSR count). The highest BCUT2D eigenvalue weighted by molar-refractivity contribution is 7.99. The highest BCUT2D eigenvalue weighted by Gasteiger charge is 2.33. The smallest absolute Gasteiger partial charge is 0.0446 e. The molecule has 0 aromatic heterocycles. The Kier molecular flexibility index (Phi) is 4.53. The van der Waals surface area contributed by atoms with Gasteiger partial charge in [-0.2, -0.15) is 11.8 Å². The van der Waals surface area contributed by atoms with Gasteiger partial charge >= 0.3 is 0 Å². The lowest BCUT2D eigenvalue weighted by Crippen LogP contribution is -2.48. The van der Waals surface area contributed by atoms with Gasteiger partial charge in [-0.3, -0.25) is 4.90 Å². The van der Waals surface area contributed by atoms with E-state index in [2.05, 4.69) is 17.1 Å². The van der Waals surface area contributed by atoms with Crippen LogP contribution in [0, 0.1) is 5.41 Å². The molecule has 0 bridgehead atoms. The third kappa shape index (κ3) is 3.13. The first-order valence-corrected chi connectivity index (χ1v) is 7.52. The summed E-state index contributed by atoms with van der Waals surface area (Å²) < 4.78 is 0. The first kappa shape index (κ1) is 12.7. The van der Waals surface area contributed by atoms with Crippen LogP contribution in [0.25, 0.3) is 0 Å². The van der Waals surface area contributed by atoms with Gasteiger partial charge in [0.25, 0.3) is 0 Å². The van der Waals surface area contributed by atoms with Gasteiger partial charge in [-0.25, -0.2) is 0 Å². The average molecular weight is 244 g/mol. The van der Waals surface area contributed by atoms with E-state index in [9.17, 15) is 0 Å². The van der Waals surface area contributed by atoms with Crippen molar-refractivity contribution in [3.05, 3.63) is 0 Å². The molecule has 0 aromatic rings. The molecule has 16 heavy (non-hydrogen) atoms. The summed E-state index contributed by atoms with van der Waals surface area (Å²) in [5.74, 6) is 2.45. The minimum Gasteiger partial charge on any atom is -0.396 e. The van der Waals surface area contributed by atoms with Crippen molar-refractivity contribution in [1.29, 1.82) is 0 Å². The maximum absolute atomic E-state index is 9.11. The maximum atomic E-state index is 9.11. The van der Waals surface area contributed by atoms with Crippen molar-refractivity contribution in [2.24, 2.45) is 5.41 Å². The normalized spacial score (nSPS) is 36.8. The summed E-state index contributed by atoms with van der Waals surface area (Å²) in [6.45, 7) is 7.45. The standard InChI is InChI=1S/C12H24N2OS/c1-12(3-4-13-9-12)10-14-5-7-16-8-11(14)2-6-15/h11,13,15H,2-10H2,1H3. The number of nitrogens with one attached hydrogen (secondary N) is 1. The zero-order chi connectivity index (χ0) is 11.4. The quantitative estimate of drug-likeness (QED) is 0.766. The lowest BCUT2D eigenvalue weighted by Gasteiger charge is -2.40. The Morgan fingerprint density at radius 3 is 3.12 bits per heavy atom. The van der Waals surface area contributed by atoms with Gasteiger partial charge in [-0.1, -0.05) is 6.92 Å². The highest BCUT2D eigenvalue weighted by Crippen LogP contribution is 2.29. The zero-order valence-corrected chi connectivity index (χ0v) is 11.1. The third-order valence-corrected chi connectivity index (χ3v) is 4.95. The monoisotopic (exact) mass is 244 g/mol. The van der Waals surface area contributed by atoms with Gasteiger partial charge in [0.05, 0.1) is 0 Å². The maximum Gasteiger partial charge on any atom is 0.0446 e. The highest BCUT2D eigenvalue weighted by atomic mass is 32.2. The van der Waals surface area contributed by atoms with Gasteiger partial charge in [0.15, 0.2) is 0 Å². The second kappa shape index (κ2) is 5.71. The Morgan fingerprint density at radius 2 is 2.44 bits per heavy atom. The van der Waals surface area contributed by atoms with Crippen molar-refractivity contribution in [3.63, 3.8) is 0 Å². The molecule has 0 amide bonds. The Balaban J connectivity index is 1.89. The molecule has 2 fully saturated rings. The fourth-order valence-corrected chi connectivity index (χ4v) is 3.99. The van der Waals surface area contributed by atoms with Crippen molar-refractivity contribution in [2.75, 3.05) is 44.3 Å². The Morgan fingerprint density at radius 1 is 1.56 bits per heavy atom. The Bertz CT molecular complexity index is 217. The molecule has 94 valence electrons. The molecule has 2 aliphatic heterocycles. The van der Waals surface area contributed by atoms with E-state index in [1.54, 1.807) is 0 Å². The van der Waals surface area contributed by atoms with Gasteiger partial charge in [0.1, 0.15) is 0 Å². The number of aliphatic hydroxyl groups is 1. The van der Waals surface area contributed by atoms with Crippen molar-refractivity contribution in [3.8, 4) is 0 Å². The molecular formula is C12H24N2OS. The van der Waals surface area contributed by atoms with Gasteiger partial charge in [-0.15, -0.1) is 0 Å². The molecule has 2 unspecified atom stereocenters. The van der Waals surface area contributed by atoms with Crippen LogP contribution >= 0.6 is 11.8 Å². The first-order chi connectivity index (χ1) is 7.73. The molecule has 2 N–H and O–H groups in total. The van der Waals surface area contributed by atoms with Crippen LogP contribution in [0.2, 0.25) is 0 Å². The predicted molar refractivity (Wildman–Crippen MR) is 70.0 cm³/mol. The van der Waals surface area contributed by atoms with Gasteiger partial charge < -0.3 is 10.4 Å². The summed E-state index contributed by atoms with van der Waals surface area (Å²) in [6, 6.07) is 0.598. The fraction of sp³-hybridized carbons (Fsp3) is 1.00. The number of hydrogen-bond acceptors (Lipinski definition) is 4. The van der Waals surface area contributed by atoms with Gasteiger partial charge in [0, 0.05) is 43.8 Å². The SMILES string of the molecule is CC1(CN2CCSCC2CCO)CCNC1. The molecule has 2 saturated heterocycles. The van der Waals surface area contributed by atoms with Crippen LogP contribution in [0.4, 0.5) is 0 Å². The second-order valence-electron chi connectivity index (χ2n) is 5.45. The molecule has 0 radical (unpaired) electrons. The van der Waals surface area contributed by atoms with Crippen molar-refractivity contribution in [2.45, 2.75) is 25.8 Å². The van der Waals surface area contributed by atoms with Crippen molar-refractivity contribution >= 4 is 11.8 Å². The predicted octanol–water partition coefficient (Wildman–Crippen LogP) is 0.786. The Hall–Kier alpha value is 0.230. The molecule has 0 aliphatic carbocycles. The van der Waals surface area contributed by atoms with Crippen LogP contribution in [0.5, 0.6) is 0 Å². The van der Waals surface area contributed by atoms with E-state index in [-0.39, 0.29) is 0 Å². The summed E-state index contributed by atoms with van der Waals surface area (Å²) in [6.07, 6.45) is 2.24. The topological polar surface area (TPSA) is 35.5 Å². The summed E-state index contributed by atoms with van der Waals surface area (Å²) in [5.41, 5.74) is 0.454. The molecular weight excluding hydrogens is 220 g/mol. The number of nitrogens with zero attached hydrogens (tertiary/aromatic N) is 1.